The highest BCUT2D eigenvalue weighted by molar-refractivity contribution is 5.08. The summed E-state index contributed by atoms with van der Waals surface area (Å²) in [5, 5.41) is 0. The highest BCUT2D eigenvalue weighted by atomic mass is 14.6. The second-order valence-corrected chi connectivity index (χ2v) is 10.6. The molecule has 0 spiro atoms. The van der Waals surface area contributed by atoms with Gasteiger partial charge in [-0.1, -0.05) is 40.0 Å². The summed E-state index contributed by atoms with van der Waals surface area (Å²) in [5.74, 6) is 12.1. The Balaban J connectivity index is 1.55. The minimum Gasteiger partial charge on any atom is -0.0622 e. The van der Waals surface area contributed by atoms with Crippen LogP contribution in [0.15, 0.2) is 0 Å². The molecule has 5 aliphatic rings. The van der Waals surface area contributed by atoms with Crippen LogP contribution in [0.2, 0.25) is 0 Å². The molecule has 11 atom stereocenters. The summed E-state index contributed by atoms with van der Waals surface area (Å²) in [6.07, 6.45) is 14.2. The fraction of sp³-hybridized carbons (Fsp3) is 1.00. The Bertz CT molecular complexity index is 453. The predicted octanol–water partition coefficient (Wildman–Crippen LogP) is 6.40. The molecule has 0 aromatic heterocycles. The van der Waals surface area contributed by atoms with E-state index in [-0.39, 0.29) is 0 Å². The van der Waals surface area contributed by atoms with Crippen molar-refractivity contribution in [2.24, 2.45) is 65.1 Å². The second-order valence-electron chi connectivity index (χ2n) is 10.6. The second kappa shape index (κ2) is 5.50. The van der Waals surface area contributed by atoms with Gasteiger partial charge < -0.3 is 0 Å². The van der Waals surface area contributed by atoms with Crippen molar-refractivity contribution in [2.75, 3.05) is 0 Å². The maximum Gasteiger partial charge on any atom is -0.0321 e. The third-order valence-corrected chi connectivity index (χ3v) is 10.1. The first-order valence-electron chi connectivity index (χ1n) is 11.2. The molecule has 0 aliphatic heterocycles. The van der Waals surface area contributed by atoms with Crippen molar-refractivity contribution in [1.29, 1.82) is 0 Å². The van der Waals surface area contributed by atoms with Crippen molar-refractivity contribution >= 4 is 0 Å². The smallest absolute Gasteiger partial charge is 0.0321 e. The molecule has 0 heteroatoms. The number of hydrogen-bond donors (Lipinski definition) is 0. The lowest BCUT2D eigenvalue weighted by Crippen LogP contribution is -2.59. The monoisotopic (exact) mass is 314 g/mol. The summed E-state index contributed by atoms with van der Waals surface area (Å²) < 4.78 is 0. The molecule has 0 aromatic carbocycles. The van der Waals surface area contributed by atoms with Gasteiger partial charge in [-0.25, -0.2) is 0 Å². The average Bonchev–Trinajstić information content (AvgIpc) is 2.58. The van der Waals surface area contributed by atoms with Gasteiger partial charge in [0.05, 0.1) is 0 Å². The summed E-state index contributed by atoms with van der Waals surface area (Å²) in [6, 6.07) is 0. The zero-order chi connectivity index (χ0) is 15.7. The SMILES string of the molecule is CC1CC2C3CCC(C)C4CCCC(C5CCCC(C1C)C52)C43. The zero-order valence-electron chi connectivity index (χ0n) is 15.7. The van der Waals surface area contributed by atoms with Gasteiger partial charge in [0.15, 0.2) is 0 Å². The van der Waals surface area contributed by atoms with Crippen molar-refractivity contribution in [1.82, 2.24) is 0 Å². The lowest BCUT2D eigenvalue weighted by Gasteiger charge is -2.65. The van der Waals surface area contributed by atoms with Gasteiger partial charge in [-0.15, -0.1) is 0 Å². The predicted molar refractivity (Wildman–Crippen MR) is 97.0 cm³/mol. The van der Waals surface area contributed by atoms with Crippen molar-refractivity contribution in [3.05, 3.63) is 0 Å². The zero-order valence-corrected chi connectivity index (χ0v) is 15.7. The Morgan fingerprint density at radius 2 is 1.04 bits per heavy atom. The van der Waals surface area contributed by atoms with Crippen LogP contribution in [-0.2, 0) is 0 Å². The van der Waals surface area contributed by atoms with Gasteiger partial charge >= 0.3 is 0 Å². The van der Waals surface area contributed by atoms with Gasteiger partial charge in [0.1, 0.15) is 0 Å². The van der Waals surface area contributed by atoms with Crippen LogP contribution in [0.3, 0.4) is 0 Å². The van der Waals surface area contributed by atoms with E-state index in [0.29, 0.717) is 0 Å². The third-order valence-electron chi connectivity index (χ3n) is 10.1. The Morgan fingerprint density at radius 1 is 0.478 bits per heavy atom. The number of fused-ring (bicyclic) bond motifs is 2. The summed E-state index contributed by atoms with van der Waals surface area (Å²) in [7, 11) is 0. The Morgan fingerprint density at radius 3 is 1.78 bits per heavy atom. The van der Waals surface area contributed by atoms with E-state index in [4.69, 9.17) is 0 Å². The Kier molecular flexibility index (Phi) is 3.65. The van der Waals surface area contributed by atoms with Crippen molar-refractivity contribution in [3.63, 3.8) is 0 Å². The van der Waals surface area contributed by atoms with Gasteiger partial charge in [-0.3, -0.25) is 0 Å². The lowest BCUT2D eigenvalue weighted by atomic mass is 9.40. The van der Waals surface area contributed by atoms with E-state index in [0.717, 1.165) is 65.1 Å². The van der Waals surface area contributed by atoms with E-state index in [1.165, 1.54) is 0 Å². The van der Waals surface area contributed by atoms with Crippen molar-refractivity contribution in [3.8, 4) is 0 Å². The first-order valence-corrected chi connectivity index (χ1v) is 11.2. The van der Waals surface area contributed by atoms with Crippen LogP contribution in [0.25, 0.3) is 0 Å². The van der Waals surface area contributed by atoms with E-state index in [1.807, 2.05) is 0 Å². The van der Waals surface area contributed by atoms with E-state index in [2.05, 4.69) is 20.8 Å². The average molecular weight is 315 g/mol. The molecule has 0 radical (unpaired) electrons. The van der Waals surface area contributed by atoms with Gasteiger partial charge in [-0.2, -0.15) is 0 Å². The fourth-order valence-electron chi connectivity index (χ4n) is 9.17. The van der Waals surface area contributed by atoms with Gasteiger partial charge in [0.2, 0.25) is 0 Å². The van der Waals surface area contributed by atoms with Crippen molar-refractivity contribution in [2.45, 2.75) is 78.6 Å². The van der Waals surface area contributed by atoms with E-state index >= 15 is 0 Å². The molecule has 5 aliphatic carbocycles. The summed E-state index contributed by atoms with van der Waals surface area (Å²) in [4.78, 5) is 0. The Hall–Kier alpha value is 0. The fourth-order valence-corrected chi connectivity index (χ4v) is 9.17. The van der Waals surface area contributed by atoms with E-state index in [1.54, 1.807) is 57.8 Å². The topological polar surface area (TPSA) is 0 Å². The minimum atomic E-state index is 0.998. The molecule has 23 heavy (non-hydrogen) atoms. The van der Waals surface area contributed by atoms with Crippen LogP contribution < -0.4 is 0 Å². The normalized spacial score (nSPS) is 61.4. The first-order chi connectivity index (χ1) is 11.2. The molecule has 0 aromatic rings. The molecule has 11 unspecified atom stereocenters. The van der Waals surface area contributed by atoms with Crippen LogP contribution in [0.5, 0.6) is 0 Å². The molecular weight excluding hydrogens is 276 g/mol. The van der Waals surface area contributed by atoms with Gasteiger partial charge in [0.25, 0.3) is 0 Å². The molecular formula is C23H38. The maximum atomic E-state index is 2.62. The number of hydrogen-bond acceptors (Lipinski definition) is 0. The third kappa shape index (κ3) is 2.08. The van der Waals surface area contributed by atoms with Crippen LogP contribution in [0, 0.1) is 65.1 Å². The molecule has 0 N–H and O–H groups in total. The summed E-state index contributed by atoms with van der Waals surface area (Å²) >= 11 is 0. The first kappa shape index (κ1) is 15.3. The molecule has 0 bridgehead atoms. The van der Waals surface area contributed by atoms with Gasteiger partial charge in [0, 0.05) is 0 Å². The van der Waals surface area contributed by atoms with Crippen LogP contribution in [0.4, 0.5) is 0 Å². The molecule has 130 valence electrons. The molecule has 5 fully saturated rings. The molecule has 5 saturated carbocycles. The largest absolute Gasteiger partial charge is 0.0622 e. The minimum absolute atomic E-state index is 0.998. The maximum absolute atomic E-state index is 2.62. The molecule has 0 amide bonds. The lowest BCUT2D eigenvalue weighted by molar-refractivity contribution is -0.166. The van der Waals surface area contributed by atoms with E-state index < -0.39 is 0 Å². The van der Waals surface area contributed by atoms with Crippen LogP contribution in [0.1, 0.15) is 78.6 Å². The summed E-state index contributed by atoms with van der Waals surface area (Å²) in [5.41, 5.74) is 0. The van der Waals surface area contributed by atoms with Crippen molar-refractivity contribution < 1.29 is 0 Å². The van der Waals surface area contributed by atoms with Crippen LogP contribution >= 0.6 is 0 Å². The van der Waals surface area contributed by atoms with E-state index in [9.17, 15) is 0 Å². The number of rotatable bonds is 0. The highest BCUT2D eigenvalue weighted by Crippen LogP contribution is 2.66. The molecule has 0 saturated heterocycles. The standard InChI is InChI=1S/C23H38/c1-13-10-11-20-21-12-14(2)15(3)17-7-5-9-19(23(17)21)18-8-4-6-16(13)22(18)20/h13-23H,4-12H2,1-3H3. The molecule has 0 nitrogen and oxygen atoms in total. The quantitative estimate of drug-likeness (QED) is 0.485. The van der Waals surface area contributed by atoms with Crippen LogP contribution in [-0.4, -0.2) is 0 Å². The van der Waals surface area contributed by atoms with Gasteiger partial charge in [-0.05, 0) is 104 Å². The molecule has 0 heterocycles. The highest BCUT2D eigenvalue weighted by Gasteiger charge is 2.59. The molecule has 5 rings (SSSR count). The Labute approximate surface area is 144 Å². The summed E-state index contributed by atoms with van der Waals surface area (Å²) in [6.45, 7) is 7.82.